The molecule has 7 heteroatoms. The van der Waals surface area contributed by atoms with E-state index in [1.54, 1.807) is 7.11 Å². The number of nitrogens with one attached hydrogen (secondary N) is 2. The Balaban J connectivity index is 1.60. The predicted octanol–water partition coefficient (Wildman–Crippen LogP) is 1.81. The molecular formula is C19H25N3O4. The van der Waals surface area contributed by atoms with Gasteiger partial charge in [-0.3, -0.25) is 14.5 Å². The molecule has 0 bridgehead atoms. The molecule has 1 aliphatic carbocycles. The fraction of sp³-hybridized carbons (Fsp3) is 0.526. The smallest absolute Gasteiger partial charge is 0.325 e. The molecule has 2 atom stereocenters. The van der Waals surface area contributed by atoms with Gasteiger partial charge in [-0.15, -0.1) is 0 Å². The first-order valence-corrected chi connectivity index (χ1v) is 9.00. The lowest BCUT2D eigenvalue weighted by molar-refractivity contribution is -0.137. The zero-order chi connectivity index (χ0) is 18.7. The molecule has 3 rings (SSSR count). The molecule has 140 valence electrons. The standard InChI is InChI=1S/C19H25N3O4/c1-13-6-3-4-9-19(13)17(24)22(18(25)21-19)12-16(23)20-11-14-7-5-8-15(10-14)26-2/h5,7-8,10,13H,3-4,6,9,11-12H2,1-2H3,(H,20,23)(H,21,25)/t13-,19-/m0/s1. The van der Waals surface area contributed by atoms with Gasteiger partial charge in [0.05, 0.1) is 7.11 Å². The van der Waals surface area contributed by atoms with E-state index >= 15 is 0 Å². The summed E-state index contributed by atoms with van der Waals surface area (Å²) in [6.07, 6.45) is 3.52. The van der Waals surface area contributed by atoms with E-state index in [4.69, 9.17) is 4.74 Å². The molecule has 0 radical (unpaired) electrons. The van der Waals surface area contributed by atoms with E-state index in [1.807, 2.05) is 31.2 Å². The van der Waals surface area contributed by atoms with Crippen molar-refractivity contribution in [3.05, 3.63) is 29.8 Å². The summed E-state index contributed by atoms with van der Waals surface area (Å²) >= 11 is 0. The minimum atomic E-state index is -0.831. The molecule has 1 saturated heterocycles. The lowest BCUT2D eigenvalue weighted by Gasteiger charge is -2.36. The van der Waals surface area contributed by atoms with Crippen LogP contribution >= 0.6 is 0 Å². The van der Waals surface area contributed by atoms with Gasteiger partial charge in [-0.2, -0.15) is 0 Å². The van der Waals surface area contributed by atoms with Crippen molar-refractivity contribution in [3.63, 3.8) is 0 Å². The number of rotatable bonds is 5. The maximum atomic E-state index is 12.8. The molecule has 26 heavy (non-hydrogen) atoms. The number of hydrogen-bond donors (Lipinski definition) is 2. The second-order valence-electron chi connectivity index (χ2n) is 7.07. The van der Waals surface area contributed by atoms with E-state index < -0.39 is 11.6 Å². The maximum absolute atomic E-state index is 12.8. The van der Waals surface area contributed by atoms with Crippen LogP contribution in [-0.4, -0.2) is 41.9 Å². The third kappa shape index (κ3) is 3.38. The minimum absolute atomic E-state index is 0.0811. The molecule has 2 fully saturated rings. The second kappa shape index (κ2) is 7.35. The Bertz CT molecular complexity index is 720. The fourth-order valence-corrected chi connectivity index (χ4v) is 3.82. The Morgan fingerprint density at radius 2 is 2.19 bits per heavy atom. The Morgan fingerprint density at radius 1 is 1.38 bits per heavy atom. The third-order valence-electron chi connectivity index (χ3n) is 5.43. The first kappa shape index (κ1) is 18.2. The van der Waals surface area contributed by atoms with E-state index in [0.717, 1.165) is 29.7 Å². The second-order valence-corrected chi connectivity index (χ2v) is 7.07. The molecule has 1 saturated carbocycles. The maximum Gasteiger partial charge on any atom is 0.325 e. The van der Waals surface area contributed by atoms with E-state index in [1.165, 1.54) is 0 Å². The van der Waals surface area contributed by atoms with Crippen LogP contribution in [0.5, 0.6) is 5.75 Å². The summed E-state index contributed by atoms with van der Waals surface area (Å²) < 4.78 is 5.15. The van der Waals surface area contributed by atoms with Crippen LogP contribution in [0.1, 0.15) is 38.2 Å². The highest BCUT2D eigenvalue weighted by Gasteiger charge is 2.55. The molecular weight excluding hydrogens is 334 g/mol. The topological polar surface area (TPSA) is 87.7 Å². The number of hydrogen-bond acceptors (Lipinski definition) is 4. The number of urea groups is 1. The van der Waals surface area contributed by atoms with Crippen LogP contribution in [0.25, 0.3) is 0 Å². The van der Waals surface area contributed by atoms with Crippen LogP contribution in [0.2, 0.25) is 0 Å². The van der Waals surface area contributed by atoms with Gasteiger partial charge in [-0.25, -0.2) is 4.79 Å². The summed E-state index contributed by atoms with van der Waals surface area (Å²) in [6.45, 7) is 2.04. The summed E-state index contributed by atoms with van der Waals surface area (Å²) in [5, 5.41) is 5.61. The predicted molar refractivity (Wildman–Crippen MR) is 95.4 cm³/mol. The number of ether oxygens (including phenoxy) is 1. The van der Waals surface area contributed by atoms with Crippen molar-refractivity contribution >= 4 is 17.8 Å². The molecule has 1 spiro atoms. The third-order valence-corrected chi connectivity index (χ3v) is 5.43. The first-order valence-electron chi connectivity index (χ1n) is 9.00. The van der Waals surface area contributed by atoms with Crippen LogP contribution in [-0.2, 0) is 16.1 Å². The van der Waals surface area contributed by atoms with Gasteiger partial charge >= 0.3 is 6.03 Å². The lowest BCUT2D eigenvalue weighted by Crippen LogP contribution is -2.54. The monoisotopic (exact) mass is 359 g/mol. The van der Waals surface area contributed by atoms with Crippen molar-refractivity contribution in [2.24, 2.45) is 5.92 Å². The molecule has 0 aromatic heterocycles. The SMILES string of the molecule is COc1cccc(CNC(=O)CN2C(=O)N[C@]3(CCCC[C@@H]3C)C2=O)c1. The Labute approximate surface area is 153 Å². The number of amides is 4. The summed E-state index contributed by atoms with van der Waals surface area (Å²) in [4.78, 5) is 38.4. The largest absolute Gasteiger partial charge is 0.497 e. The zero-order valence-electron chi connectivity index (χ0n) is 15.2. The van der Waals surface area contributed by atoms with E-state index in [-0.39, 0.29) is 24.3 Å². The normalized spacial score (nSPS) is 25.3. The average molecular weight is 359 g/mol. The van der Waals surface area contributed by atoms with Crippen LogP contribution < -0.4 is 15.4 Å². The van der Waals surface area contributed by atoms with Gasteiger partial charge in [0.1, 0.15) is 17.8 Å². The number of carbonyl (C=O) groups is 3. The molecule has 1 aromatic rings. The van der Waals surface area contributed by atoms with Crippen molar-refractivity contribution in [3.8, 4) is 5.75 Å². The molecule has 2 aliphatic rings. The number of methoxy groups -OCH3 is 1. The van der Waals surface area contributed by atoms with Crippen LogP contribution in [0.3, 0.4) is 0 Å². The summed E-state index contributed by atoms with van der Waals surface area (Å²) in [5.41, 5.74) is 0.0508. The number of benzene rings is 1. The quantitative estimate of drug-likeness (QED) is 0.785. The molecule has 0 unspecified atom stereocenters. The molecule has 2 N–H and O–H groups in total. The van der Waals surface area contributed by atoms with Gasteiger partial charge in [0.25, 0.3) is 5.91 Å². The van der Waals surface area contributed by atoms with Crippen LogP contribution in [0.15, 0.2) is 24.3 Å². The van der Waals surface area contributed by atoms with Gasteiger partial charge < -0.3 is 15.4 Å². The average Bonchev–Trinajstić information content (AvgIpc) is 2.88. The fourth-order valence-electron chi connectivity index (χ4n) is 3.82. The molecule has 4 amide bonds. The summed E-state index contributed by atoms with van der Waals surface area (Å²) in [7, 11) is 1.58. The highest BCUT2D eigenvalue weighted by molar-refractivity contribution is 6.09. The van der Waals surface area contributed by atoms with Gasteiger partial charge in [-0.1, -0.05) is 31.9 Å². The van der Waals surface area contributed by atoms with Gasteiger partial charge in [0.15, 0.2) is 0 Å². The number of nitrogens with zero attached hydrogens (tertiary/aromatic N) is 1. The van der Waals surface area contributed by atoms with Crippen molar-refractivity contribution < 1.29 is 19.1 Å². The number of imide groups is 1. The van der Waals surface area contributed by atoms with Crippen LogP contribution in [0.4, 0.5) is 4.79 Å². The van der Waals surface area contributed by atoms with Crippen molar-refractivity contribution in [1.29, 1.82) is 0 Å². The van der Waals surface area contributed by atoms with E-state index in [0.29, 0.717) is 18.7 Å². The Kier molecular flexibility index (Phi) is 5.15. The van der Waals surface area contributed by atoms with Crippen molar-refractivity contribution in [2.45, 2.75) is 44.7 Å². The van der Waals surface area contributed by atoms with Gasteiger partial charge in [-0.05, 0) is 36.5 Å². The number of carbonyl (C=O) groups excluding carboxylic acids is 3. The zero-order valence-corrected chi connectivity index (χ0v) is 15.2. The minimum Gasteiger partial charge on any atom is -0.497 e. The van der Waals surface area contributed by atoms with Crippen LogP contribution in [0, 0.1) is 5.92 Å². The van der Waals surface area contributed by atoms with Gasteiger partial charge in [0.2, 0.25) is 5.91 Å². The summed E-state index contributed by atoms with van der Waals surface area (Å²) in [5.74, 6) is 0.152. The molecule has 1 heterocycles. The molecule has 1 aromatic carbocycles. The summed E-state index contributed by atoms with van der Waals surface area (Å²) in [6, 6.07) is 6.89. The first-order chi connectivity index (χ1) is 12.5. The van der Waals surface area contributed by atoms with E-state index in [9.17, 15) is 14.4 Å². The Morgan fingerprint density at radius 3 is 2.92 bits per heavy atom. The van der Waals surface area contributed by atoms with Crippen molar-refractivity contribution in [2.75, 3.05) is 13.7 Å². The van der Waals surface area contributed by atoms with Gasteiger partial charge in [0, 0.05) is 6.54 Å². The Hall–Kier alpha value is -2.57. The highest BCUT2D eigenvalue weighted by atomic mass is 16.5. The van der Waals surface area contributed by atoms with E-state index in [2.05, 4.69) is 10.6 Å². The lowest BCUT2D eigenvalue weighted by atomic mass is 9.73. The molecule has 1 aliphatic heterocycles. The van der Waals surface area contributed by atoms with Crippen molar-refractivity contribution in [1.82, 2.24) is 15.5 Å². The highest BCUT2D eigenvalue weighted by Crippen LogP contribution is 2.38. The molecule has 7 nitrogen and oxygen atoms in total.